The van der Waals surface area contributed by atoms with E-state index in [1.54, 1.807) is 7.11 Å². The minimum absolute atomic E-state index is 0.0742. The fourth-order valence-electron chi connectivity index (χ4n) is 1.57. The molecule has 16 heavy (non-hydrogen) atoms. The van der Waals surface area contributed by atoms with Crippen LogP contribution >= 0.6 is 10.7 Å². The van der Waals surface area contributed by atoms with Crippen molar-refractivity contribution in [3.63, 3.8) is 0 Å². The molecule has 3 nitrogen and oxygen atoms in total. The highest BCUT2D eigenvalue weighted by molar-refractivity contribution is 8.13. The largest absolute Gasteiger partial charge is 0.496 e. The zero-order chi connectivity index (χ0) is 12.3. The van der Waals surface area contributed by atoms with E-state index in [2.05, 4.69) is 0 Å². The summed E-state index contributed by atoms with van der Waals surface area (Å²) in [4.78, 5) is 0. The average molecular weight is 263 g/mol. The number of halogens is 1. The van der Waals surface area contributed by atoms with Crippen LogP contribution in [0.25, 0.3) is 0 Å². The maximum Gasteiger partial charge on any atom is 0.232 e. The molecule has 0 saturated carbocycles. The number of hydrogen-bond acceptors (Lipinski definition) is 3. The molecule has 5 heteroatoms. The van der Waals surface area contributed by atoms with Gasteiger partial charge in [-0.2, -0.15) is 0 Å². The van der Waals surface area contributed by atoms with Crippen LogP contribution in [0.4, 0.5) is 0 Å². The summed E-state index contributed by atoms with van der Waals surface area (Å²) in [6, 6.07) is 3.80. The van der Waals surface area contributed by atoms with E-state index < -0.39 is 9.05 Å². The maximum absolute atomic E-state index is 10.9. The number of rotatable bonds is 4. The predicted octanol–water partition coefficient (Wildman–Crippen LogP) is 2.42. The van der Waals surface area contributed by atoms with Crippen LogP contribution in [0.1, 0.15) is 16.7 Å². The molecule has 0 heterocycles. The summed E-state index contributed by atoms with van der Waals surface area (Å²) < 4.78 is 27.1. The van der Waals surface area contributed by atoms with Gasteiger partial charge < -0.3 is 4.74 Å². The Morgan fingerprint density at radius 2 is 1.94 bits per heavy atom. The molecule has 0 bridgehead atoms. The molecule has 0 unspecified atom stereocenters. The minimum atomic E-state index is -3.46. The lowest BCUT2D eigenvalue weighted by Crippen LogP contribution is -2.05. The minimum Gasteiger partial charge on any atom is -0.496 e. The third kappa shape index (κ3) is 3.39. The van der Waals surface area contributed by atoms with E-state index in [0.29, 0.717) is 12.2 Å². The van der Waals surface area contributed by atoms with Crippen LogP contribution < -0.4 is 4.74 Å². The van der Waals surface area contributed by atoms with Gasteiger partial charge in [-0.1, -0.05) is 6.07 Å². The molecule has 0 aliphatic carbocycles. The summed E-state index contributed by atoms with van der Waals surface area (Å²) in [5.74, 6) is 0.637. The van der Waals surface area contributed by atoms with Crippen molar-refractivity contribution < 1.29 is 13.2 Å². The molecule has 1 aromatic carbocycles. The normalized spacial score (nSPS) is 11.5. The van der Waals surface area contributed by atoms with Gasteiger partial charge in [-0.25, -0.2) is 8.42 Å². The first kappa shape index (κ1) is 13.3. The second-order valence-electron chi connectivity index (χ2n) is 3.68. The van der Waals surface area contributed by atoms with Crippen LogP contribution in [-0.4, -0.2) is 21.3 Å². The molecule has 0 atom stereocenters. The van der Waals surface area contributed by atoms with Crippen molar-refractivity contribution in [1.29, 1.82) is 0 Å². The lowest BCUT2D eigenvalue weighted by atomic mass is 10.0. The predicted molar refractivity (Wildman–Crippen MR) is 65.8 cm³/mol. The van der Waals surface area contributed by atoms with Crippen LogP contribution in [0.15, 0.2) is 12.1 Å². The molecule has 0 N–H and O–H groups in total. The summed E-state index contributed by atoms with van der Waals surface area (Å²) in [6.07, 6.45) is 0.377. The molecule has 0 amide bonds. The molecule has 0 fully saturated rings. The SMILES string of the molecule is COc1ccc(C)c(C)c1CCS(=O)(=O)Cl. The van der Waals surface area contributed by atoms with Crippen molar-refractivity contribution in [2.75, 3.05) is 12.9 Å². The lowest BCUT2D eigenvalue weighted by molar-refractivity contribution is 0.409. The molecular weight excluding hydrogens is 248 g/mol. The van der Waals surface area contributed by atoms with Gasteiger partial charge in [0.15, 0.2) is 0 Å². The fraction of sp³-hybridized carbons (Fsp3) is 0.455. The maximum atomic E-state index is 10.9. The van der Waals surface area contributed by atoms with Crippen LogP contribution in [0.5, 0.6) is 5.75 Å². The zero-order valence-corrected chi connectivity index (χ0v) is 11.2. The van der Waals surface area contributed by atoms with Crippen molar-refractivity contribution in [2.45, 2.75) is 20.3 Å². The first-order valence-corrected chi connectivity index (χ1v) is 7.38. The van der Waals surface area contributed by atoms with Crippen molar-refractivity contribution in [3.8, 4) is 5.75 Å². The number of benzene rings is 1. The number of methoxy groups -OCH3 is 1. The van der Waals surface area contributed by atoms with E-state index in [1.807, 2.05) is 26.0 Å². The zero-order valence-electron chi connectivity index (χ0n) is 9.58. The van der Waals surface area contributed by atoms with Gasteiger partial charge in [-0.05, 0) is 43.0 Å². The highest BCUT2D eigenvalue weighted by Gasteiger charge is 2.12. The second-order valence-corrected chi connectivity index (χ2v) is 6.58. The molecular formula is C11H15ClO3S. The average Bonchev–Trinajstić information content (AvgIpc) is 2.19. The van der Waals surface area contributed by atoms with Crippen LogP contribution in [0.3, 0.4) is 0 Å². The quantitative estimate of drug-likeness (QED) is 0.783. The van der Waals surface area contributed by atoms with Gasteiger partial charge in [0.2, 0.25) is 9.05 Å². The second kappa shape index (κ2) is 5.06. The Bertz CT molecular complexity index is 480. The van der Waals surface area contributed by atoms with Crippen molar-refractivity contribution in [2.24, 2.45) is 0 Å². The van der Waals surface area contributed by atoms with E-state index >= 15 is 0 Å². The Morgan fingerprint density at radius 1 is 1.31 bits per heavy atom. The summed E-state index contributed by atoms with van der Waals surface area (Å²) >= 11 is 0. The van der Waals surface area contributed by atoms with Gasteiger partial charge in [-0.3, -0.25) is 0 Å². The van der Waals surface area contributed by atoms with Gasteiger partial charge >= 0.3 is 0 Å². The standard InChI is InChI=1S/C11H15ClO3S/c1-8-4-5-11(15-3)10(9(8)2)6-7-16(12,13)14/h4-5H,6-7H2,1-3H3. The Labute approximate surface area is 101 Å². The molecule has 0 aromatic heterocycles. The van der Waals surface area contributed by atoms with Gasteiger partial charge in [0.1, 0.15) is 5.75 Å². The van der Waals surface area contributed by atoms with E-state index in [-0.39, 0.29) is 5.75 Å². The highest BCUT2D eigenvalue weighted by Crippen LogP contribution is 2.25. The molecule has 0 aliphatic heterocycles. The molecule has 0 radical (unpaired) electrons. The number of ether oxygens (including phenoxy) is 1. The smallest absolute Gasteiger partial charge is 0.232 e. The summed E-state index contributed by atoms with van der Waals surface area (Å²) in [5, 5.41) is 0. The number of aryl methyl sites for hydroxylation is 1. The fourth-order valence-corrected chi connectivity index (χ4v) is 2.25. The molecule has 0 spiro atoms. The summed E-state index contributed by atoms with van der Waals surface area (Å²) in [7, 11) is 3.31. The van der Waals surface area contributed by atoms with Crippen LogP contribution in [-0.2, 0) is 15.5 Å². The lowest BCUT2D eigenvalue weighted by Gasteiger charge is -2.12. The summed E-state index contributed by atoms with van der Waals surface area (Å²) in [5.41, 5.74) is 3.08. The van der Waals surface area contributed by atoms with E-state index in [1.165, 1.54) is 0 Å². The van der Waals surface area contributed by atoms with E-state index in [9.17, 15) is 8.42 Å². The molecule has 0 saturated heterocycles. The van der Waals surface area contributed by atoms with Crippen LogP contribution in [0.2, 0.25) is 0 Å². The monoisotopic (exact) mass is 262 g/mol. The topological polar surface area (TPSA) is 43.4 Å². The van der Waals surface area contributed by atoms with Gasteiger partial charge in [0, 0.05) is 10.7 Å². The molecule has 1 rings (SSSR count). The highest BCUT2D eigenvalue weighted by atomic mass is 35.7. The molecule has 90 valence electrons. The Hall–Kier alpha value is -0.740. The molecule has 0 aliphatic rings. The first-order chi connectivity index (χ1) is 7.35. The van der Waals surface area contributed by atoms with E-state index in [0.717, 1.165) is 16.7 Å². The summed E-state index contributed by atoms with van der Waals surface area (Å²) in [6.45, 7) is 3.93. The molecule has 1 aromatic rings. The van der Waals surface area contributed by atoms with Crippen molar-refractivity contribution in [3.05, 3.63) is 28.8 Å². The first-order valence-electron chi connectivity index (χ1n) is 4.90. The van der Waals surface area contributed by atoms with Crippen molar-refractivity contribution in [1.82, 2.24) is 0 Å². The third-order valence-corrected chi connectivity index (χ3v) is 3.80. The van der Waals surface area contributed by atoms with Crippen molar-refractivity contribution >= 4 is 19.7 Å². The van der Waals surface area contributed by atoms with Gasteiger partial charge in [0.05, 0.1) is 12.9 Å². The van der Waals surface area contributed by atoms with Crippen LogP contribution in [0, 0.1) is 13.8 Å². The Balaban J connectivity index is 3.06. The Morgan fingerprint density at radius 3 is 2.44 bits per heavy atom. The number of hydrogen-bond donors (Lipinski definition) is 0. The van der Waals surface area contributed by atoms with Gasteiger partial charge in [-0.15, -0.1) is 0 Å². The van der Waals surface area contributed by atoms with E-state index in [4.69, 9.17) is 15.4 Å². The van der Waals surface area contributed by atoms with Gasteiger partial charge in [0.25, 0.3) is 0 Å². The Kier molecular flexibility index (Phi) is 4.21. The third-order valence-electron chi connectivity index (χ3n) is 2.64.